The maximum atomic E-state index is 12.6. The molecule has 1 aliphatic rings. The van der Waals surface area contributed by atoms with E-state index in [9.17, 15) is 19.7 Å². The molecule has 8 heteroatoms. The molecule has 0 aromatic carbocycles. The van der Waals surface area contributed by atoms with Crippen LogP contribution in [0.1, 0.15) is 30.8 Å². The number of hydrogen-bond acceptors (Lipinski definition) is 4. The third-order valence-electron chi connectivity index (χ3n) is 3.54. The third kappa shape index (κ3) is 2.88. The molecule has 1 aromatic heterocycles. The number of piperazine rings is 1. The molecule has 0 radical (unpaired) electrons. The number of aromatic nitrogens is 1. The van der Waals surface area contributed by atoms with Gasteiger partial charge in [0.2, 0.25) is 5.91 Å². The molecule has 114 valence electrons. The highest BCUT2D eigenvalue weighted by molar-refractivity contribution is 5.97. The van der Waals surface area contributed by atoms with Crippen molar-refractivity contribution < 1.29 is 14.5 Å². The van der Waals surface area contributed by atoms with Gasteiger partial charge in [-0.2, -0.15) is 0 Å². The molecule has 0 saturated carbocycles. The molecule has 1 fully saturated rings. The van der Waals surface area contributed by atoms with Gasteiger partial charge in [-0.1, -0.05) is 6.92 Å². The first-order valence-electron chi connectivity index (χ1n) is 6.89. The largest absolute Gasteiger partial charge is 0.353 e. The van der Waals surface area contributed by atoms with E-state index in [-0.39, 0.29) is 23.2 Å². The van der Waals surface area contributed by atoms with Gasteiger partial charge in [-0.15, -0.1) is 0 Å². The van der Waals surface area contributed by atoms with Crippen LogP contribution in [-0.4, -0.2) is 45.3 Å². The summed E-state index contributed by atoms with van der Waals surface area (Å²) < 4.78 is 1.58. The number of rotatable bonds is 4. The Morgan fingerprint density at radius 2 is 2.29 bits per heavy atom. The first-order valence-corrected chi connectivity index (χ1v) is 6.89. The summed E-state index contributed by atoms with van der Waals surface area (Å²) >= 11 is 0. The number of nitrogens with one attached hydrogen (secondary N) is 1. The van der Waals surface area contributed by atoms with Crippen LogP contribution in [0.3, 0.4) is 0 Å². The number of carbonyl (C=O) groups is 2. The smallest absolute Gasteiger partial charge is 0.287 e. The van der Waals surface area contributed by atoms with Crippen LogP contribution in [-0.2, 0) is 11.3 Å². The Bertz CT molecular complexity index is 581. The van der Waals surface area contributed by atoms with Crippen molar-refractivity contribution in [3.8, 4) is 0 Å². The highest BCUT2D eigenvalue weighted by Crippen LogP contribution is 2.20. The number of hydrogen-bond donors (Lipinski definition) is 1. The zero-order chi connectivity index (χ0) is 15.6. The summed E-state index contributed by atoms with van der Waals surface area (Å²) in [6, 6.07) is 0.701. The minimum absolute atomic E-state index is 0.110. The van der Waals surface area contributed by atoms with Crippen molar-refractivity contribution in [2.45, 2.75) is 32.9 Å². The van der Waals surface area contributed by atoms with Crippen molar-refractivity contribution in [1.29, 1.82) is 0 Å². The molecule has 8 nitrogen and oxygen atoms in total. The topological polar surface area (TPSA) is 97.5 Å². The Hall–Kier alpha value is -2.38. The van der Waals surface area contributed by atoms with E-state index in [0.29, 0.717) is 19.6 Å². The van der Waals surface area contributed by atoms with Crippen LogP contribution in [0, 0.1) is 10.1 Å². The Balaban J connectivity index is 2.33. The van der Waals surface area contributed by atoms with Crippen LogP contribution in [0.5, 0.6) is 0 Å². The molecule has 1 unspecified atom stereocenters. The Kier molecular flexibility index (Phi) is 4.25. The molecule has 0 spiro atoms. The Morgan fingerprint density at radius 3 is 2.90 bits per heavy atom. The van der Waals surface area contributed by atoms with E-state index in [0.717, 1.165) is 6.42 Å². The second kappa shape index (κ2) is 5.94. The minimum atomic E-state index is -0.574. The van der Waals surface area contributed by atoms with Crippen LogP contribution in [0.4, 0.5) is 5.69 Å². The van der Waals surface area contributed by atoms with Gasteiger partial charge < -0.3 is 14.8 Å². The van der Waals surface area contributed by atoms with E-state index < -0.39 is 11.0 Å². The monoisotopic (exact) mass is 294 g/mol. The quantitative estimate of drug-likeness (QED) is 0.655. The van der Waals surface area contributed by atoms with Crippen LogP contribution in [0.2, 0.25) is 0 Å². The zero-order valence-corrected chi connectivity index (χ0v) is 12.0. The maximum absolute atomic E-state index is 12.6. The van der Waals surface area contributed by atoms with Crippen molar-refractivity contribution in [3.63, 3.8) is 0 Å². The fourth-order valence-corrected chi connectivity index (χ4v) is 2.41. The fraction of sp³-hybridized carbons (Fsp3) is 0.538. The normalized spacial score (nSPS) is 18.5. The summed E-state index contributed by atoms with van der Waals surface area (Å²) in [6.07, 6.45) is 2.12. The lowest BCUT2D eigenvalue weighted by molar-refractivity contribution is -0.384. The van der Waals surface area contributed by atoms with Gasteiger partial charge >= 0.3 is 0 Å². The number of carbonyl (C=O) groups excluding carboxylic acids is 2. The molecule has 21 heavy (non-hydrogen) atoms. The Labute approximate surface area is 121 Å². The van der Waals surface area contributed by atoms with Gasteiger partial charge in [-0.25, -0.2) is 0 Å². The molecule has 2 rings (SSSR count). The molecule has 2 heterocycles. The number of amides is 2. The van der Waals surface area contributed by atoms with Gasteiger partial charge in [0.05, 0.1) is 11.1 Å². The van der Waals surface area contributed by atoms with Crippen molar-refractivity contribution in [1.82, 2.24) is 14.8 Å². The van der Waals surface area contributed by atoms with Crippen LogP contribution in [0.25, 0.3) is 0 Å². The van der Waals surface area contributed by atoms with Gasteiger partial charge in [0.25, 0.3) is 11.6 Å². The summed E-state index contributed by atoms with van der Waals surface area (Å²) in [7, 11) is 0. The highest BCUT2D eigenvalue weighted by Gasteiger charge is 2.32. The summed E-state index contributed by atoms with van der Waals surface area (Å²) in [5, 5.41) is 13.6. The average Bonchev–Trinajstić information content (AvgIpc) is 2.86. The Morgan fingerprint density at radius 1 is 1.57 bits per heavy atom. The fourth-order valence-electron chi connectivity index (χ4n) is 2.41. The third-order valence-corrected chi connectivity index (χ3v) is 3.54. The van der Waals surface area contributed by atoms with Crippen LogP contribution in [0.15, 0.2) is 12.3 Å². The summed E-state index contributed by atoms with van der Waals surface area (Å²) in [5.41, 5.74) is 0.144. The van der Waals surface area contributed by atoms with Crippen molar-refractivity contribution in [2.75, 3.05) is 13.1 Å². The molecular formula is C13H18N4O4. The van der Waals surface area contributed by atoms with Crippen molar-refractivity contribution in [3.05, 3.63) is 28.1 Å². The lowest BCUT2D eigenvalue weighted by atomic mass is 10.2. The SMILES string of the molecule is CCCn1cc([N+](=O)[O-])cc1C(=O)N1CCNC(=O)C1C. The van der Waals surface area contributed by atoms with Gasteiger partial charge in [-0.3, -0.25) is 19.7 Å². The first-order chi connectivity index (χ1) is 9.95. The summed E-state index contributed by atoms with van der Waals surface area (Å²) in [5.74, 6) is -0.559. The van der Waals surface area contributed by atoms with E-state index in [1.165, 1.54) is 17.2 Å². The van der Waals surface area contributed by atoms with Crippen LogP contribution < -0.4 is 5.32 Å². The molecule has 2 amide bonds. The van der Waals surface area contributed by atoms with E-state index >= 15 is 0 Å². The zero-order valence-electron chi connectivity index (χ0n) is 12.0. The van der Waals surface area contributed by atoms with Crippen LogP contribution >= 0.6 is 0 Å². The van der Waals surface area contributed by atoms with E-state index in [4.69, 9.17) is 0 Å². The average molecular weight is 294 g/mol. The van der Waals surface area contributed by atoms with Crippen molar-refractivity contribution in [2.24, 2.45) is 0 Å². The molecule has 1 aromatic rings. The number of nitro groups is 1. The molecule has 1 saturated heterocycles. The standard InChI is InChI=1S/C13H18N4O4/c1-3-5-15-8-10(17(20)21)7-11(15)13(19)16-6-4-14-12(18)9(16)2/h7-9H,3-6H2,1-2H3,(H,14,18). The first kappa shape index (κ1) is 15.0. The highest BCUT2D eigenvalue weighted by atomic mass is 16.6. The van der Waals surface area contributed by atoms with E-state index in [2.05, 4.69) is 5.32 Å². The predicted molar refractivity (Wildman–Crippen MR) is 74.9 cm³/mol. The van der Waals surface area contributed by atoms with Gasteiger partial charge in [0, 0.05) is 25.7 Å². The lowest BCUT2D eigenvalue weighted by Gasteiger charge is -2.32. The molecule has 1 aliphatic heterocycles. The lowest BCUT2D eigenvalue weighted by Crippen LogP contribution is -2.56. The van der Waals surface area contributed by atoms with Gasteiger partial charge in [-0.05, 0) is 13.3 Å². The van der Waals surface area contributed by atoms with E-state index in [1.54, 1.807) is 11.5 Å². The summed E-state index contributed by atoms with van der Waals surface area (Å²) in [6.45, 7) is 4.89. The predicted octanol–water partition coefficient (Wildman–Crippen LogP) is 0.767. The molecule has 0 bridgehead atoms. The summed E-state index contributed by atoms with van der Waals surface area (Å²) in [4.78, 5) is 36.1. The van der Waals surface area contributed by atoms with Gasteiger partial charge in [0.15, 0.2) is 0 Å². The molecule has 0 aliphatic carbocycles. The second-order valence-electron chi connectivity index (χ2n) is 5.00. The molecule has 1 N–H and O–H groups in total. The number of aryl methyl sites for hydroxylation is 1. The second-order valence-corrected chi connectivity index (χ2v) is 5.00. The number of nitrogens with zero attached hydrogens (tertiary/aromatic N) is 3. The maximum Gasteiger partial charge on any atom is 0.287 e. The molecule has 1 atom stereocenters. The minimum Gasteiger partial charge on any atom is -0.353 e. The van der Waals surface area contributed by atoms with Crippen molar-refractivity contribution >= 4 is 17.5 Å². The molecular weight excluding hydrogens is 276 g/mol. The van der Waals surface area contributed by atoms with Gasteiger partial charge in [0.1, 0.15) is 11.7 Å². The van der Waals surface area contributed by atoms with E-state index in [1.807, 2.05) is 6.92 Å².